The largest absolute Gasteiger partial charge is 0.468 e. The maximum absolute atomic E-state index is 13.1. The number of nitrogens with zero attached hydrogens (tertiary/aromatic N) is 2. The zero-order valence-electron chi connectivity index (χ0n) is 14.7. The van der Waals surface area contributed by atoms with Crippen molar-refractivity contribution >= 4 is 29.5 Å². The van der Waals surface area contributed by atoms with Crippen LogP contribution in [-0.4, -0.2) is 33.6 Å². The standard InChI is InChI=1S/C18H20N2O3S2/c1-10-7-11(2)9-13(8-10)20-16(21)15-14(5-6-24-15)19-18(20)25-12(3)17(22)23-4/h7-9,12H,5-6H2,1-4H3/t12-/m0/s1. The van der Waals surface area contributed by atoms with Crippen LogP contribution in [0.15, 0.2) is 33.0 Å². The molecule has 0 saturated heterocycles. The molecule has 1 aromatic heterocycles. The van der Waals surface area contributed by atoms with Crippen LogP contribution in [0.25, 0.3) is 5.69 Å². The van der Waals surface area contributed by atoms with Gasteiger partial charge in [-0.2, -0.15) is 0 Å². The molecule has 3 rings (SSSR count). The molecule has 0 bridgehead atoms. The van der Waals surface area contributed by atoms with Crippen LogP contribution in [0.5, 0.6) is 0 Å². The summed E-state index contributed by atoms with van der Waals surface area (Å²) in [5.41, 5.74) is 3.70. The van der Waals surface area contributed by atoms with Gasteiger partial charge in [0.2, 0.25) is 0 Å². The lowest BCUT2D eigenvalue weighted by atomic mass is 10.1. The summed E-state index contributed by atoms with van der Waals surface area (Å²) >= 11 is 2.81. The highest BCUT2D eigenvalue weighted by molar-refractivity contribution is 8.00. The summed E-state index contributed by atoms with van der Waals surface area (Å²) in [4.78, 5) is 30.3. The number of rotatable bonds is 4. The fourth-order valence-electron chi connectivity index (χ4n) is 2.85. The topological polar surface area (TPSA) is 61.2 Å². The summed E-state index contributed by atoms with van der Waals surface area (Å²) < 4.78 is 6.44. The van der Waals surface area contributed by atoms with E-state index in [-0.39, 0.29) is 11.5 Å². The van der Waals surface area contributed by atoms with Crippen molar-refractivity contribution in [3.05, 3.63) is 45.4 Å². The maximum Gasteiger partial charge on any atom is 0.318 e. The number of hydrogen-bond acceptors (Lipinski definition) is 6. The van der Waals surface area contributed by atoms with Crippen molar-refractivity contribution in [1.29, 1.82) is 0 Å². The van der Waals surface area contributed by atoms with Gasteiger partial charge in [-0.3, -0.25) is 14.2 Å². The lowest BCUT2D eigenvalue weighted by Gasteiger charge is -2.16. The molecule has 0 N–H and O–H groups in total. The Bertz CT molecular complexity index is 872. The third-order valence-corrected chi connectivity index (χ3v) is 6.08. The van der Waals surface area contributed by atoms with Gasteiger partial charge in [-0.05, 0) is 44.0 Å². The maximum atomic E-state index is 13.1. The second-order valence-electron chi connectivity index (χ2n) is 6.04. The molecule has 132 valence electrons. The predicted molar refractivity (Wildman–Crippen MR) is 101 cm³/mol. The van der Waals surface area contributed by atoms with Crippen LogP contribution in [0, 0.1) is 13.8 Å². The van der Waals surface area contributed by atoms with Crippen LogP contribution < -0.4 is 5.56 Å². The first-order valence-electron chi connectivity index (χ1n) is 8.02. The molecule has 0 radical (unpaired) electrons. The number of carbonyl (C=O) groups excluding carboxylic acids is 1. The van der Waals surface area contributed by atoms with Crippen molar-refractivity contribution in [2.45, 2.75) is 42.5 Å². The van der Waals surface area contributed by atoms with Gasteiger partial charge in [0.1, 0.15) is 5.25 Å². The summed E-state index contributed by atoms with van der Waals surface area (Å²) in [7, 11) is 1.36. The summed E-state index contributed by atoms with van der Waals surface area (Å²) in [6, 6.07) is 6.00. The van der Waals surface area contributed by atoms with Crippen LogP contribution in [0.4, 0.5) is 0 Å². The van der Waals surface area contributed by atoms with E-state index in [1.54, 1.807) is 23.3 Å². The number of esters is 1. The van der Waals surface area contributed by atoms with Crippen LogP contribution in [0.3, 0.4) is 0 Å². The molecule has 7 heteroatoms. The first kappa shape index (κ1) is 18.1. The minimum atomic E-state index is -0.443. The van der Waals surface area contributed by atoms with Gasteiger partial charge in [0.25, 0.3) is 5.56 Å². The molecule has 0 spiro atoms. The van der Waals surface area contributed by atoms with Crippen molar-refractivity contribution < 1.29 is 9.53 Å². The van der Waals surface area contributed by atoms with E-state index in [4.69, 9.17) is 9.72 Å². The van der Waals surface area contributed by atoms with Crippen molar-refractivity contribution in [3.63, 3.8) is 0 Å². The quantitative estimate of drug-likeness (QED) is 0.464. The normalized spacial score (nSPS) is 14.2. The number of benzene rings is 1. The van der Waals surface area contributed by atoms with Crippen molar-refractivity contribution in [2.24, 2.45) is 0 Å². The zero-order valence-corrected chi connectivity index (χ0v) is 16.3. The number of aryl methyl sites for hydroxylation is 3. The first-order chi connectivity index (χ1) is 11.9. The molecule has 1 aliphatic heterocycles. The number of hydrogen-bond donors (Lipinski definition) is 0. The summed E-state index contributed by atoms with van der Waals surface area (Å²) in [6.07, 6.45) is 0.781. The minimum absolute atomic E-state index is 0.0583. The number of fused-ring (bicyclic) bond motifs is 1. The van der Waals surface area contributed by atoms with Gasteiger partial charge < -0.3 is 4.74 Å². The van der Waals surface area contributed by atoms with E-state index in [1.807, 2.05) is 26.0 Å². The lowest BCUT2D eigenvalue weighted by Crippen LogP contribution is -2.25. The number of aromatic nitrogens is 2. The van der Waals surface area contributed by atoms with Crippen molar-refractivity contribution in [2.75, 3.05) is 12.9 Å². The van der Waals surface area contributed by atoms with Crippen LogP contribution in [0.1, 0.15) is 23.7 Å². The van der Waals surface area contributed by atoms with Gasteiger partial charge in [0.05, 0.1) is 23.4 Å². The fourth-order valence-corrected chi connectivity index (χ4v) is 4.84. The summed E-state index contributed by atoms with van der Waals surface area (Å²) in [5.74, 6) is 0.534. The van der Waals surface area contributed by atoms with Crippen LogP contribution in [-0.2, 0) is 16.0 Å². The minimum Gasteiger partial charge on any atom is -0.468 e. The molecule has 1 aliphatic rings. The molecular formula is C18H20N2O3S2. The molecule has 1 aromatic carbocycles. The first-order valence-corrected chi connectivity index (χ1v) is 9.89. The van der Waals surface area contributed by atoms with E-state index in [0.29, 0.717) is 10.1 Å². The van der Waals surface area contributed by atoms with Gasteiger partial charge >= 0.3 is 5.97 Å². The van der Waals surface area contributed by atoms with E-state index in [2.05, 4.69) is 6.07 Å². The van der Waals surface area contributed by atoms with Gasteiger partial charge in [0, 0.05) is 12.2 Å². The monoisotopic (exact) mass is 376 g/mol. The van der Waals surface area contributed by atoms with E-state index in [1.165, 1.54) is 18.9 Å². The molecule has 2 heterocycles. The molecule has 5 nitrogen and oxygen atoms in total. The molecule has 2 aromatic rings. The predicted octanol–water partition coefficient (Wildman–Crippen LogP) is 3.15. The molecular weight excluding hydrogens is 356 g/mol. The van der Waals surface area contributed by atoms with Gasteiger partial charge in [0.15, 0.2) is 5.16 Å². The molecule has 25 heavy (non-hydrogen) atoms. The lowest BCUT2D eigenvalue weighted by molar-refractivity contribution is -0.139. The van der Waals surface area contributed by atoms with E-state index in [9.17, 15) is 9.59 Å². The smallest absolute Gasteiger partial charge is 0.318 e. The Morgan fingerprint density at radius 2 is 2.00 bits per heavy atom. The third kappa shape index (κ3) is 3.62. The van der Waals surface area contributed by atoms with Gasteiger partial charge in [-0.25, -0.2) is 4.98 Å². The number of methoxy groups -OCH3 is 1. The Labute approximate surface area is 155 Å². The average Bonchev–Trinajstić information content (AvgIpc) is 3.02. The van der Waals surface area contributed by atoms with Crippen molar-refractivity contribution in [1.82, 2.24) is 9.55 Å². The van der Waals surface area contributed by atoms with Gasteiger partial charge in [-0.15, -0.1) is 11.8 Å². The van der Waals surface area contributed by atoms with E-state index >= 15 is 0 Å². The highest BCUT2D eigenvalue weighted by Crippen LogP contribution is 2.31. The molecule has 0 aliphatic carbocycles. The third-order valence-electron chi connectivity index (χ3n) is 3.95. The zero-order chi connectivity index (χ0) is 18.1. The van der Waals surface area contributed by atoms with Crippen LogP contribution >= 0.6 is 23.5 Å². The second-order valence-corrected chi connectivity index (χ2v) is 8.45. The van der Waals surface area contributed by atoms with E-state index < -0.39 is 5.25 Å². The average molecular weight is 377 g/mol. The Balaban J connectivity index is 2.18. The molecule has 0 saturated carbocycles. The Morgan fingerprint density at radius 3 is 2.64 bits per heavy atom. The Kier molecular flexibility index (Phi) is 5.24. The highest BCUT2D eigenvalue weighted by Gasteiger charge is 2.25. The Hall–Kier alpha value is -1.73. The highest BCUT2D eigenvalue weighted by atomic mass is 32.2. The summed E-state index contributed by atoms with van der Waals surface area (Å²) in [5, 5.41) is 0.0929. The van der Waals surface area contributed by atoms with Crippen LogP contribution in [0.2, 0.25) is 0 Å². The number of carbonyl (C=O) groups is 1. The molecule has 0 unspecified atom stereocenters. The Morgan fingerprint density at radius 1 is 1.32 bits per heavy atom. The SMILES string of the molecule is COC(=O)[C@H](C)Sc1nc2c(c(=O)n1-c1cc(C)cc(C)c1)SCC2. The number of thioether (sulfide) groups is 2. The van der Waals surface area contributed by atoms with E-state index in [0.717, 1.165) is 34.7 Å². The van der Waals surface area contributed by atoms with Gasteiger partial charge in [-0.1, -0.05) is 17.8 Å². The summed E-state index contributed by atoms with van der Waals surface area (Å²) in [6.45, 7) is 5.76. The van der Waals surface area contributed by atoms with Crippen molar-refractivity contribution in [3.8, 4) is 5.69 Å². The molecule has 1 atom stereocenters. The molecule has 0 amide bonds. The fraction of sp³-hybridized carbons (Fsp3) is 0.389. The second kappa shape index (κ2) is 7.25. The molecule has 0 fully saturated rings. The number of ether oxygens (including phenoxy) is 1.